The van der Waals surface area contributed by atoms with Crippen molar-refractivity contribution in [1.82, 2.24) is 5.32 Å². The smallest absolute Gasteiger partial charge is 0.306 e. The Hall–Kier alpha value is -3.94. The molecular weight excluding hydrogens is 1070 g/mol. The lowest BCUT2D eigenvalue weighted by Gasteiger charge is -2.41. The number of amides is 1. The van der Waals surface area contributed by atoms with Crippen molar-refractivity contribution in [3.05, 3.63) is 122 Å². The number of hydrogen-bond acceptors (Lipinski definition) is 10. The summed E-state index contributed by atoms with van der Waals surface area (Å²) in [6.45, 7) is 5.64. The molecule has 8 atom stereocenters. The zero-order chi connectivity index (χ0) is 62.4. The number of allylic oxidation sites excluding steroid dienone is 19. The predicted molar refractivity (Wildman–Crippen MR) is 361 cm³/mol. The highest BCUT2D eigenvalue weighted by Gasteiger charge is 2.47. The summed E-state index contributed by atoms with van der Waals surface area (Å²) >= 11 is 0. The van der Waals surface area contributed by atoms with Crippen molar-refractivity contribution in [2.45, 2.75) is 327 Å². The Bertz CT molecular complexity index is 1860. The summed E-state index contributed by atoms with van der Waals surface area (Å²) in [5.41, 5.74) is 0. The third kappa shape index (κ3) is 48.0. The van der Waals surface area contributed by atoms with Gasteiger partial charge in [-0.25, -0.2) is 0 Å². The molecule has 11 nitrogen and oxygen atoms in total. The second-order valence-corrected chi connectivity index (χ2v) is 23.5. The minimum atomic E-state index is -1.63. The first kappa shape index (κ1) is 80.1. The Morgan fingerprint density at radius 1 is 0.465 bits per heavy atom. The van der Waals surface area contributed by atoms with Crippen LogP contribution >= 0.6 is 0 Å². The molecule has 0 aromatic carbocycles. The third-order valence-corrected chi connectivity index (χ3v) is 15.6. The van der Waals surface area contributed by atoms with E-state index in [1.54, 1.807) is 6.08 Å². The quantitative estimate of drug-likeness (QED) is 0.0195. The molecule has 0 spiro atoms. The Kier molecular flexibility index (Phi) is 57.1. The largest absolute Gasteiger partial charge is 0.454 e. The molecule has 0 radical (unpaired) electrons. The van der Waals surface area contributed by atoms with Crippen LogP contribution in [0.3, 0.4) is 0 Å². The molecule has 492 valence electrons. The van der Waals surface area contributed by atoms with E-state index in [0.29, 0.717) is 12.8 Å². The van der Waals surface area contributed by atoms with Crippen molar-refractivity contribution < 1.29 is 49.3 Å². The van der Waals surface area contributed by atoms with Crippen LogP contribution in [0.2, 0.25) is 0 Å². The minimum absolute atomic E-state index is 0.105. The lowest BCUT2D eigenvalue weighted by Crippen LogP contribution is -2.61. The molecule has 6 N–H and O–H groups in total. The topological polar surface area (TPSA) is 175 Å². The van der Waals surface area contributed by atoms with Crippen molar-refractivity contribution in [3.8, 4) is 0 Å². The van der Waals surface area contributed by atoms with Gasteiger partial charge in [0.25, 0.3) is 0 Å². The highest BCUT2D eigenvalue weighted by Crippen LogP contribution is 2.26. The maximum absolute atomic E-state index is 13.5. The lowest BCUT2D eigenvalue weighted by atomic mass is 9.99. The van der Waals surface area contributed by atoms with Gasteiger partial charge in [0.2, 0.25) is 5.91 Å². The second kappa shape index (κ2) is 61.3. The Labute approximate surface area is 525 Å². The van der Waals surface area contributed by atoms with E-state index in [4.69, 9.17) is 14.2 Å². The molecule has 86 heavy (non-hydrogen) atoms. The molecule has 1 aliphatic rings. The van der Waals surface area contributed by atoms with Gasteiger partial charge in [-0.15, -0.1) is 0 Å². The average Bonchev–Trinajstić information content (AvgIpc) is 2.65. The van der Waals surface area contributed by atoms with Gasteiger partial charge in [0.15, 0.2) is 12.4 Å². The fraction of sp³-hybridized carbons (Fsp3) is 0.707. The highest BCUT2D eigenvalue weighted by molar-refractivity contribution is 5.80. The van der Waals surface area contributed by atoms with Gasteiger partial charge in [-0.2, -0.15) is 0 Å². The summed E-state index contributed by atoms with van der Waals surface area (Å²) in [5.74, 6) is -1.22. The van der Waals surface area contributed by atoms with E-state index in [-0.39, 0.29) is 19.4 Å². The molecular formula is C75H127NO10. The number of esters is 1. The number of aliphatic hydroxyl groups is 5. The van der Waals surface area contributed by atoms with E-state index in [1.807, 2.05) is 6.08 Å². The van der Waals surface area contributed by atoms with E-state index < -0.39 is 67.4 Å². The maximum atomic E-state index is 13.5. The summed E-state index contributed by atoms with van der Waals surface area (Å²) in [6.07, 6.45) is 75.1. The Morgan fingerprint density at radius 3 is 1.28 bits per heavy atom. The van der Waals surface area contributed by atoms with E-state index in [0.717, 1.165) is 141 Å². The van der Waals surface area contributed by atoms with E-state index in [2.05, 4.69) is 135 Å². The molecule has 8 unspecified atom stereocenters. The normalized spacial score (nSPS) is 19.1. The molecule has 1 fully saturated rings. The molecule has 11 heteroatoms. The number of unbranched alkanes of at least 4 members (excludes halogenated alkanes) is 26. The summed E-state index contributed by atoms with van der Waals surface area (Å²) < 4.78 is 17.7. The zero-order valence-corrected chi connectivity index (χ0v) is 54.6. The van der Waals surface area contributed by atoms with Gasteiger partial charge >= 0.3 is 5.97 Å². The van der Waals surface area contributed by atoms with Crippen LogP contribution in [0.1, 0.15) is 278 Å². The van der Waals surface area contributed by atoms with Crippen LogP contribution in [0.5, 0.6) is 0 Å². The molecule has 1 saturated heterocycles. The number of ether oxygens (including phenoxy) is 3. The SMILES string of the molecule is CC/C=C\C/C=C\C/C=C\C/C=C\C/C=C\C/C=C\CCCCCCCCCCC(=O)OC1C(OCC(NC(=O)C(O)CCCCCCC/C=C\C/C=C\C/C=C\CCCCC)C(O)/C=C/CCCCCCCCCCCC)OC(CO)C(O)C1O. The van der Waals surface area contributed by atoms with Crippen LogP contribution in [0.15, 0.2) is 122 Å². The van der Waals surface area contributed by atoms with Crippen LogP contribution in [0.25, 0.3) is 0 Å². The van der Waals surface area contributed by atoms with Crippen LogP contribution in [-0.4, -0.2) is 99.6 Å². The van der Waals surface area contributed by atoms with Crippen LogP contribution in [-0.2, 0) is 23.8 Å². The molecule has 1 aliphatic heterocycles. The van der Waals surface area contributed by atoms with Crippen molar-refractivity contribution in [2.24, 2.45) is 0 Å². The fourth-order valence-electron chi connectivity index (χ4n) is 10.1. The molecule has 1 rings (SSSR count). The monoisotopic (exact) mass is 1200 g/mol. The Balaban J connectivity index is 2.60. The molecule has 0 saturated carbocycles. The number of hydrogen-bond donors (Lipinski definition) is 6. The molecule has 0 aliphatic carbocycles. The van der Waals surface area contributed by atoms with Gasteiger partial charge < -0.3 is 45.1 Å². The fourth-order valence-corrected chi connectivity index (χ4v) is 10.1. The maximum Gasteiger partial charge on any atom is 0.306 e. The van der Waals surface area contributed by atoms with E-state index >= 15 is 0 Å². The van der Waals surface area contributed by atoms with Gasteiger partial charge in [0, 0.05) is 6.42 Å². The molecule has 0 aromatic rings. The number of carbonyl (C=O) groups excluding carboxylic acids is 2. The van der Waals surface area contributed by atoms with Gasteiger partial charge in [-0.1, -0.05) is 277 Å². The standard InChI is InChI=1S/C75H127NO10/c1-4-7-10-13-16-19-22-25-27-29-31-32-33-34-35-36-37-38-39-41-43-45-48-51-54-57-60-63-70(80)86-73-72(82)71(81)69(64-77)85-75(73)84-65-66(67(78)61-58-55-52-49-46-24-21-18-15-12-9-6-3)76-74(83)68(79)62-59-56-53-50-47-44-42-40-30-28-26-23-20-17-14-11-8-5-2/h7,10,16-17,19-20,25-28,31-32,34-35,37-38,40,42,58,61,66-69,71-73,75,77-79,81-82H,4-6,8-9,11-15,18,21-24,29-30,33,36,39,41,43-57,59-60,62-65H2,1-3H3,(H,76,83)/b10-7-,19-16-,20-17-,27-25-,28-26-,32-31-,35-34-,38-37-,42-40-,61-58+. The minimum Gasteiger partial charge on any atom is -0.454 e. The molecule has 0 bridgehead atoms. The number of carbonyl (C=O) groups is 2. The highest BCUT2D eigenvalue weighted by atomic mass is 16.7. The average molecular weight is 1200 g/mol. The first-order valence-corrected chi connectivity index (χ1v) is 34.8. The predicted octanol–water partition coefficient (Wildman–Crippen LogP) is 17.8. The van der Waals surface area contributed by atoms with Crippen LogP contribution in [0, 0.1) is 0 Å². The number of rotatable bonds is 58. The van der Waals surface area contributed by atoms with Crippen molar-refractivity contribution in [2.75, 3.05) is 13.2 Å². The van der Waals surface area contributed by atoms with Gasteiger partial charge in [0.1, 0.15) is 24.4 Å². The Morgan fingerprint density at radius 2 is 0.837 bits per heavy atom. The van der Waals surface area contributed by atoms with E-state index in [1.165, 1.54) is 89.9 Å². The van der Waals surface area contributed by atoms with Crippen molar-refractivity contribution in [3.63, 3.8) is 0 Å². The first-order valence-electron chi connectivity index (χ1n) is 34.8. The van der Waals surface area contributed by atoms with Gasteiger partial charge in [-0.05, 0) is 116 Å². The molecule has 0 aromatic heterocycles. The lowest BCUT2D eigenvalue weighted by molar-refractivity contribution is -0.305. The van der Waals surface area contributed by atoms with Gasteiger partial charge in [-0.3, -0.25) is 9.59 Å². The van der Waals surface area contributed by atoms with Crippen molar-refractivity contribution >= 4 is 11.9 Å². The van der Waals surface area contributed by atoms with E-state index in [9.17, 15) is 35.1 Å². The summed E-state index contributed by atoms with van der Waals surface area (Å²) in [6, 6.07) is -1.04. The molecule has 1 amide bonds. The summed E-state index contributed by atoms with van der Waals surface area (Å²) in [7, 11) is 0. The number of aliphatic hydroxyl groups excluding tert-OH is 5. The number of nitrogens with one attached hydrogen (secondary N) is 1. The third-order valence-electron chi connectivity index (χ3n) is 15.6. The molecule has 1 heterocycles. The first-order chi connectivity index (χ1) is 42.2. The van der Waals surface area contributed by atoms with Crippen molar-refractivity contribution in [1.29, 1.82) is 0 Å². The summed E-state index contributed by atoms with van der Waals surface area (Å²) in [4.78, 5) is 26.7. The van der Waals surface area contributed by atoms with Crippen LogP contribution < -0.4 is 5.32 Å². The zero-order valence-electron chi connectivity index (χ0n) is 54.6. The summed E-state index contributed by atoms with van der Waals surface area (Å²) in [5, 5.41) is 57.2. The van der Waals surface area contributed by atoms with Crippen LogP contribution in [0.4, 0.5) is 0 Å². The second-order valence-electron chi connectivity index (χ2n) is 23.5. The van der Waals surface area contributed by atoms with Gasteiger partial charge in [0.05, 0.1) is 25.4 Å².